The first kappa shape index (κ1) is 28.7. The molecule has 0 heterocycles. The van der Waals surface area contributed by atoms with Crippen LogP contribution in [0.25, 0.3) is 0 Å². The number of nitrogens with two attached hydrogens (primary N) is 1. The average Bonchev–Trinajstić information content (AvgIpc) is 2.71. The number of alkyl halides is 2. The van der Waals surface area contributed by atoms with Crippen molar-refractivity contribution in [2.24, 2.45) is 5.73 Å². The third kappa shape index (κ3) is 5.95. The smallest absolute Gasteiger partial charge is 0.265 e. The summed E-state index contributed by atoms with van der Waals surface area (Å²) in [5.41, 5.74) is 2.71. The van der Waals surface area contributed by atoms with Gasteiger partial charge in [-0.25, -0.2) is 3.11 Å². The van der Waals surface area contributed by atoms with Crippen molar-refractivity contribution in [2.75, 3.05) is 19.8 Å². The number of hydrogen-bond acceptors (Lipinski definition) is 8. The van der Waals surface area contributed by atoms with Crippen molar-refractivity contribution < 1.29 is 39.6 Å². The average molecular weight is 777 g/mol. The van der Waals surface area contributed by atoms with E-state index in [1.807, 2.05) is 0 Å². The first-order chi connectivity index (χ1) is 14.4. The SMILES string of the molecule is CC(=O)N(OCCCO)C(C(O)I)(N(I)C(=O)c1ccccc1C(N)=O)C(O)(I)CO. The lowest BCUT2D eigenvalue weighted by molar-refractivity contribution is -0.273. The molecule has 31 heavy (non-hydrogen) atoms. The van der Waals surface area contributed by atoms with Crippen molar-refractivity contribution in [2.45, 2.75) is 26.7 Å². The van der Waals surface area contributed by atoms with E-state index < -0.39 is 37.7 Å². The van der Waals surface area contributed by atoms with Crippen LogP contribution >= 0.6 is 68.0 Å². The van der Waals surface area contributed by atoms with Crippen LogP contribution in [0.4, 0.5) is 0 Å². The Kier molecular flexibility index (Phi) is 11.3. The van der Waals surface area contributed by atoms with Gasteiger partial charge in [-0.2, -0.15) is 5.06 Å². The largest absolute Gasteiger partial charge is 0.396 e. The first-order valence-corrected chi connectivity index (χ1v) is 12.0. The highest BCUT2D eigenvalue weighted by molar-refractivity contribution is 14.1. The molecule has 1 aromatic rings. The fourth-order valence-electron chi connectivity index (χ4n) is 2.67. The summed E-state index contributed by atoms with van der Waals surface area (Å²) in [6, 6.07) is 5.62. The van der Waals surface area contributed by atoms with Crippen LogP contribution in [0.2, 0.25) is 0 Å². The number of nitrogens with zero attached hydrogens (tertiary/aromatic N) is 2. The number of halogens is 3. The number of benzene rings is 1. The summed E-state index contributed by atoms with van der Waals surface area (Å²) in [5, 5.41) is 41.3. The van der Waals surface area contributed by atoms with Crippen molar-refractivity contribution in [3.8, 4) is 0 Å². The van der Waals surface area contributed by atoms with Gasteiger partial charge >= 0.3 is 0 Å². The zero-order valence-electron chi connectivity index (χ0n) is 16.2. The molecule has 0 fully saturated rings. The zero-order chi connectivity index (χ0) is 24.0. The summed E-state index contributed by atoms with van der Waals surface area (Å²) in [6.07, 6.45) is 0.107. The molecule has 0 spiro atoms. The summed E-state index contributed by atoms with van der Waals surface area (Å²) < 4.78 is -3.25. The standard InChI is InChI=1S/C17H22I3N3O8/c1-10(26)23(31-8-4-7-24)17(15(18)29,16(19,30)9-25)22(20)14(28)12-6-3-2-5-11(12)13(21)27/h2-3,5-6,15,24-25,29-30H,4,7-9H2,1H3,(H2,21,27). The molecule has 3 amide bonds. The Morgan fingerprint density at radius 1 is 1.23 bits per heavy atom. The number of aliphatic hydroxyl groups is 4. The summed E-state index contributed by atoms with van der Waals surface area (Å²) >= 11 is 4.34. The predicted molar refractivity (Wildman–Crippen MR) is 134 cm³/mol. The molecule has 174 valence electrons. The molecule has 0 saturated heterocycles. The number of hydrogen-bond donors (Lipinski definition) is 5. The minimum Gasteiger partial charge on any atom is -0.396 e. The molecular weight excluding hydrogens is 755 g/mol. The van der Waals surface area contributed by atoms with Crippen LogP contribution < -0.4 is 5.73 Å². The van der Waals surface area contributed by atoms with E-state index >= 15 is 0 Å². The van der Waals surface area contributed by atoms with Gasteiger partial charge in [0.1, 0.15) is 0 Å². The van der Waals surface area contributed by atoms with Crippen LogP contribution in [0, 0.1) is 0 Å². The molecule has 0 aliphatic heterocycles. The Morgan fingerprint density at radius 2 is 1.77 bits per heavy atom. The Hall–Kier alpha value is -0.380. The van der Waals surface area contributed by atoms with Crippen LogP contribution in [0.1, 0.15) is 34.1 Å². The van der Waals surface area contributed by atoms with Gasteiger partial charge in [-0.15, -0.1) is 0 Å². The first-order valence-electron chi connectivity index (χ1n) is 8.68. The van der Waals surface area contributed by atoms with Gasteiger partial charge in [-0.05, 0) is 63.7 Å². The van der Waals surface area contributed by atoms with Gasteiger partial charge < -0.3 is 26.2 Å². The lowest BCUT2D eigenvalue weighted by Gasteiger charge is -2.52. The second-order valence-corrected chi connectivity index (χ2v) is 10.1. The second-order valence-electron chi connectivity index (χ2n) is 6.20. The molecule has 1 aromatic carbocycles. The quantitative estimate of drug-likeness (QED) is 0.0534. The monoisotopic (exact) mass is 777 g/mol. The van der Waals surface area contributed by atoms with Crippen molar-refractivity contribution in [1.29, 1.82) is 0 Å². The highest BCUT2D eigenvalue weighted by Crippen LogP contribution is 2.45. The van der Waals surface area contributed by atoms with E-state index in [4.69, 9.17) is 15.7 Å². The number of rotatable bonds is 11. The molecule has 0 aromatic heterocycles. The molecule has 0 saturated carbocycles. The maximum absolute atomic E-state index is 13.4. The molecule has 0 bridgehead atoms. The topological polar surface area (TPSA) is 174 Å². The predicted octanol–water partition coefficient (Wildman–Crippen LogP) is 0.306. The van der Waals surface area contributed by atoms with Crippen molar-refractivity contribution in [3.05, 3.63) is 35.4 Å². The van der Waals surface area contributed by atoms with Gasteiger partial charge in [0.25, 0.3) is 5.91 Å². The molecule has 0 aliphatic rings. The van der Waals surface area contributed by atoms with E-state index in [0.29, 0.717) is 5.06 Å². The second kappa shape index (κ2) is 12.2. The number of carbonyl (C=O) groups excluding carboxylic acids is 3. The fourth-order valence-corrected chi connectivity index (χ4v) is 7.18. The molecule has 6 N–H and O–H groups in total. The van der Waals surface area contributed by atoms with E-state index in [1.165, 1.54) is 92.3 Å². The molecule has 11 nitrogen and oxygen atoms in total. The third-order valence-electron chi connectivity index (χ3n) is 4.12. The number of aliphatic hydroxyl groups excluding tert-OH is 3. The van der Waals surface area contributed by atoms with Gasteiger partial charge in [0.15, 0.2) is 7.72 Å². The Labute approximate surface area is 219 Å². The van der Waals surface area contributed by atoms with Crippen molar-refractivity contribution in [1.82, 2.24) is 8.18 Å². The highest BCUT2D eigenvalue weighted by Gasteiger charge is 2.64. The van der Waals surface area contributed by atoms with Gasteiger partial charge in [0.2, 0.25) is 17.5 Å². The molecule has 3 atom stereocenters. The van der Waals surface area contributed by atoms with E-state index in [0.717, 1.165) is 10.0 Å². The number of carbonyl (C=O) groups is 3. The highest BCUT2D eigenvalue weighted by atomic mass is 127. The number of hydroxylamine groups is 2. The van der Waals surface area contributed by atoms with Crippen LogP contribution in [-0.4, -0.2) is 79.5 Å². The van der Waals surface area contributed by atoms with E-state index in [9.17, 15) is 29.7 Å². The molecule has 0 radical (unpaired) electrons. The molecule has 3 unspecified atom stereocenters. The van der Waals surface area contributed by atoms with Gasteiger partial charge in [-0.1, -0.05) is 12.1 Å². The zero-order valence-corrected chi connectivity index (χ0v) is 22.7. The van der Waals surface area contributed by atoms with Crippen LogP contribution in [0.5, 0.6) is 0 Å². The maximum Gasteiger partial charge on any atom is 0.265 e. The summed E-state index contributed by atoms with van der Waals surface area (Å²) in [5.74, 6) is -2.59. The van der Waals surface area contributed by atoms with Crippen LogP contribution in [0.15, 0.2) is 24.3 Å². The normalized spacial score (nSPS) is 16.0. The number of primary amides is 1. The lowest BCUT2D eigenvalue weighted by atomic mass is 10.0. The maximum atomic E-state index is 13.4. The van der Waals surface area contributed by atoms with E-state index in [1.54, 1.807) is 0 Å². The fraction of sp³-hybridized carbons (Fsp3) is 0.471. The van der Waals surface area contributed by atoms with Gasteiger partial charge in [0, 0.05) is 13.5 Å². The van der Waals surface area contributed by atoms with Crippen LogP contribution in [-0.2, 0) is 9.63 Å². The molecular formula is C17H22I3N3O8. The lowest BCUT2D eigenvalue weighted by Crippen LogP contribution is -2.75. The Bertz CT molecular complexity index is 811. The number of amides is 3. The minimum absolute atomic E-state index is 0.107. The third-order valence-corrected chi connectivity index (χ3v) is 7.30. The van der Waals surface area contributed by atoms with Gasteiger partial charge in [0.05, 0.1) is 47.2 Å². The minimum atomic E-state index is -2.37. The molecule has 14 heteroatoms. The Balaban J connectivity index is 3.75. The summed E-state index contributed by atoms with van der Waals surface area (Å²) in [7, 11) is 0. The summed E-state index contributed by atoms with van der Waals surface area (Å²) in [6.45, 7) is -0.386. The molecule has 0 aliphatic carbocycles. The van der Waals surface area contributed by atoms with Crippen molar-refractivity contribution >= 4 is 85.8 Å². The van der Waals surface area contributed by atoms with E-state index in [-0.39, 0.29) is 30.8 Å². The van der Waals surface area contributed by atoms with Gasteiger partial charge in [-0.3, -0.25) is 19.2 Å². The molecule has 1 rings (SSSR count). The van der Waals surface area contributed by atoms with Crippen molar-refractivity contribution in [3.63, 3.8) is 0 Å². The van der Waals surface area contributed by atoms with E-state index in [2.05, 4.69) is 0 Å². The summed E-state index contributed by atoms with van der Waals surface area (Å²) in [4.78, 5) is 43.1. The van der Waals surface area contributed by atoms with Crippen LogP contribution in [0.3, 0.4) is 0 Å². The Morgan fingerprint density at radius 3 is 2.19 bits per heavy atom.